The van der Waals surface area contributed by atoms with Crippen molar-refractivity contribution in [3.05, 3.63) is 35.4 Å². The number of methoxy groups -OCH3 is 1. The predicted molar refractivity (Wildman–Crippen MR) is 76.7 cm³/mol. The van der Waals surface area contributed by atoms with Crippen LogP contribution in [0, 0.1) is 0 Å². The number of nitrogens with zero attached hydrogens (tertiary/aromatic N) is 1. The Kier molecular flexibility index (Phi) is 6.64. The molecule has 2 unspecified atom stereocenters. The van der Waals surface area contributed by atoms with Gasteiger partial charge in [-0.3, -0.25) is 9.69 Å². The van der Waals surface area contributed by atoms with Crippen molar-refractivity contribution in [1.29, 1.82) is 0 Å². The molecule has 0 saturated carbocycles. The zero-order valence-corrected chi connectivity index (χ0v) is 12.2. The van der Waals surface area contributed by atoms with Gasteiger partial charge in [0, 0.05) is 20.2 Å². The molecule has 5 heteroatoms. The van der Waals surface area contributed by atoms with Gasteiger partial charge in [-0.25, -0.2) is 0 Å². The highest BCUT2D eigenvalue weighted by molar-refractivity contribution is 5.75. The summed E-state index contributed by atoms with van der Waals surface area (Å²) in [6.07, 6.45) is -0.503. The number of aliphatic hydroxyl groups excluding tert-OH is 1. The van der Waals surface area contributed by atoms with E-state index in [1.165, 1.54) is 0 Å². The Labute approximate surface area is 119 Å². The second-order valence-corrected chi connectivity index (χ2v) is 5.11. The van der Waals surface area contributed by atoms with Gasteiger partial charge in [-0.15, -0.1) is 0 Å². The minimum atomic E-state index is -0.822. The highest BCUT2D eigenvalue weighted by Gasteiger charge is 2.13. The SMILES string of the molecule is COCC(O)CN(C)Cc1ccc(C(C)C(=O)O)cc1. The Balaban J connectivity index is 2.54. The molecule has 0 amide bonds. The number of carboxylic acid groups (broad SMARTS) is 1. The topological polar surface area (TPSA) is 70.0 Å². The van der Waals surface area contributed by atoms with Crippen LogP contribution in [0.1, 0.15) is 24.0 Å². The molecule has 2 N–H and O–H groups in total. The van der Waals surface area contributed by atoms with Crippen molar-refractivity contribution < 1.29 is 19.7 Å². The minimum Gasteiger partial charge on any atom is -0.481 e. The van der Waals surface area contributed by atoms with Gasteiger partial charge in [0.05, 0.1) is 18.6 Å². The van der Waals surface area contributed by atoms with Crippen molar-refractivity contribution in [2.24, 2.45) is 0 Å². The van der Waals surface area contributed by atoms with E-state index < -0.39 is 18.0 Å². The van der Waals surface area contributed by atoms with Gasteiger partial charge in [0.1, 0.15) is 0 Å². The van der Waals surface area contributed by atoms with Crippen LogP contribution in [-0.4, -0.2) is 54.5 Å². The van der Waals surface area contributed by atoms with E-state index in [9.17, 15) is 9.90 Å². The van der Waals surface area contributed by atoms with Crippen LogP contribution in [0.2, 0.25) is 0 Å². The van der Waals surface area contributed by atoms with Crippen LogP contribution >= 0.6 is 0 Å². The van der Waals surface area contributed by atoms with Gasteiger partial charge in [-0.2, -0.15) is 0 Å². The second-order valence-electron chi connectivity index (χ2n) is 5.11. The van der Waals surface area contributed by atoms with E-state index in [1.807, 2.05) is 36.2 Å². The van der Waals surface area contributed by atoms with Gasteiger partial charge >= 0.3 is 5.97 Å². The first-order chi connectivity index (χ1) is 9.43. The Morgan fingerprint density at radius 1 is 1.35 bits per heavy atom. The lowest BCUT2D eigenvalue weighted by atomic mass is 10.00. The standard InChI is InChI=1S/C15H23NO4/c1-11(15(18)19)13-6-4-12(5-7-13)8-16(2)9-14(17)10-20-3/h4-7,11,14,17H,8-10H2,1-3H3,(H,18,19). The van der Waals surface area contributed by atoms with Crippen LogP contribution in [-0.2, 0) is 16.1 Å². The molecular weight excluding hydrogens is 258 g/mol. The Bertz CT molecular complexity index is 418. The molecule has 5 nitrogen and oxygen atoms in total. The van der Waals surface area contributed by atoms with Crippen molar-refractivity contribution in [2.45, 2.75) is 25.5 Å². The maximum Gasteiger partial charge on any atom is 0.310 e. The third-order valence-corrected chi connectivity index (χ3v) is 3.18. The molecule has 1 aromatic carbocycles. The van der Waals surface area contributed by atoms with Gasteiger partial charge < -0.3 is 14.9 Å². The first-order valence-corrected chi connectivity index (χ1v) is 6.61. The Hall–Kier alpha value is -1.43. The van der Waals surface area contributed by atoms with Gasteiger partial charge in [-0.05, 0) is 25.1 Å². The molecule has 0 aromatic heterocycles. The largest absolute Gasteiger partial charge is 0.481 e. The molecule has 0 heterocycles. The zero-order chi connectivity index (χ0) is 15.1. The third kappa shape index (κ3) is 5.28. The molecule has 0 aliphatic rings. The molecule has 1 rings (SSSR count). The molecular formula is C15H23NO4. The highest BCUT2D eigenvalue weighted by atomic mass is 16.5. The number of aliphatic carboxylic acids is 1. The molecule has 0 saturated heterocycles. The number of ether oxygens (including phenoxy) is 1. The molecule has 0 aliphatic heterocycles. The number of aliphatic hydroxyl groups is 1. The van der Waals surface area contributed by atoms with Crippen LogP contribution in [0.25, 0.3) is 0 Å². The van der Waals surface area contributed by atoms with E-state index in [0.717, 1.165) is 11.1 Å². The van der Waals surface area contributed by atoms with Gasteiger partial charge in [0.15, 0.2) is 0 Å². The molecule has 0 radical (unpaired) electrons. The van der Waals surface area contributed by atoms with Gasteiger partial charge in [0.25, 0.3) is 0 Å². The number of rotatable bonds is 8. The summed E-state index contributed by atoms with van der Waals surface area (Å²) >= 11 is 0. The van der Waals surface area contributed by atoms with Gasteiger partial charge in [0.2, 0.25) is 0 Å². The van der Waals surface area contributed by atoms with Gasteiger partial charge in [-0.1, -0.05) is 24.3 Å². The van der Waals surface area contributed by atoms with E-state index in [0.29, 0.717) is 19.7 Å². The molecule has 0 aliphatic carbocycles. The van der Waals surface area contributed by atoms with E-state index in [2.05, 4.69) is 0 Å². The van der Waals surface area contributed by atoms with Crippen molar-refractivity contribution >= 4 is 5.97 Å². The van der Waals surface area contributed by atoms with E-state index >= 15 is 0 Å². The van der Waals surface area contributed by atoms with Crippen molar-refractivity contribution in [1.82, 2.24) is 4.90 Å². The maximum absolute atomic E-state index is 10.9. The fraction of sp³-hybridized carbons (Fsp3) is 0.533. The number of likely N-dealkylation sites (N-methyl/N-ethyl adjacent to an activating group) is 1. The average molecular weight is 281 g/mol. The van der Waals surface area contributed by atoms with E-state index in [4.69, 9.17) is 9.84 Å². The summed E-state index contributed by atoms with van der Waals surface area (Å²) in [5.41, 5.74) is 1.88. The summed E-state index contributed by atoms with van der Waals surface area (Å²) in [5.74, 6) is -1.32. The molecule has 0 spiro atoms. The number of hydrogen-bond donors (Lipinski definition) is 2. The van der Waals surface area contributed by atoms with Crippen LogP contribution in [0.4, 0.5) is 0 Å². The Morgan fingerprint density at radius 3 is 2.45 bits per heavy atom. The lowest BCUT2D eigenvalue weighted by molar-refractivity contribution is -0.138. The zero-order valence-electron chi connectivity index (χ0n) is 12.2. The first kappa shape index (κ1) is 16.6. The quantitative estimate of drug-likeness (QED) is 0.752. The third-order valence-electron chi connectivity index (χ3n) is 3.18. The maximum atomic E-state index is 10.9. The normalized spacial score (nSPS) is 14.2. The fourth-order valence-electron chi connectivity index (χ4n) is 2.04. The monoisotopic (exact) mass is 281 g/mol. The lowest BCUT2D eigenvalue weighted by Gasteiger charge is -2.20. The van der Waals surface area contributed by atoms with Crippen molar-refractivity contribution in [3.63, 3.8) is 0 Å². The number of carboxylic acids is 1. The molecule has 20 heavy (non-hydrogen) atoms. The van der Waals surface area contributed by atoms with Crippen molar-refractivity contribution in [3.8, 4) is 0 Å². The van der Waals surface area contributed by atoms with Crippen LogP contribution in [0.3, 0.4) is 0 Å². The molecule has 2 atom stereocenters. The van der Waals surface area contributed by atoms with Crippen LogP contribution in [0.5, 0.6) is 0 Å². The van der Waals surface area contributed by atoms with E-state index in [-0.39, 0.29) is 0 Å². The summed E-state index contributed by atoms with van der Waals surface area (Å²) in [5, 5.41) is 18.6. The average Bonchev–Trinajstić information content (AvgIpc) is 2.38. The number of carbonyl (C=O) groups is 1. The van der Waals surface area contributed by atoms with Crippen LogP contribution < -0.4 is 0 Å². The second kappa shape index (κ2) is 7.99. The summed E-state index contributed by atoms with van der Waals surface area (Å²) in [7, 11) is 3.48. The number of hydrogen-bond acceptors (Lipinski definition) is 4. The fourth-order valence-corrected chi connectivity index (χ4v) is 2.04. The summed E-state index contributed by atoms with van der Waals surface area (Å²) in [6.45, 7) is 3.22. The highest BCUT2D eigenvalue weighted by Crippen LogP contribution is 2.16. The summed E-state index contributed by atoms with van der Waals surface area (Å²) in [6, 6.07) is 7.53. The van der Waals surface area contributed by atoms with E-state index in [1.54, 1.807) is 14.0 Å². The minimum absolute atomic E-state index is 0.319. The summed E-state index contributed by atoms with van der Waals surface area (Å²) < 4.78 is 4.89. The molecule has 0 bridgehead atoms. The van der Waals surface area contributed by atoms with Crippen LogP contribution in [0.15, 0.2) is 24.3 Å². The smallest absolute Gasteiger partial charge is 0.310 e. The predicted octanol–water partition coefficient (Wildman–Crippen LogP) is 1.31. The molecule has 1 aromatic rings. The first-order valence-electron chi connectivity index (χ1n) is 6.61. The summed E-state index contributed by atoms with van der Waals surface area (Å²) in [4.78, 5) is 12.9. The Morgan fingerprint density at radius 2 is 1.95 bits per heavy atom. The lowest BCUT2D eigenvalue weighted by Crippen LogP contribution is -2.31. The van der Waals surface area contributed by atoms with Crippen molar-refractivity contribution in [2.75, 3.05) is 27.3 Å². The molecule has 112 valence electrons. The molecule has 0 fully saturated rings. The number of benzene rings is 1.